The Hall–Kier alpha value is -0.210. The first-order valence-electron chi connectivity index (χ1n) is 4.95. The van der Waals surface area contributed by atoms with Crippen molar-refractivity contribution >= 4 is 23.4 Å². The third-order valence-electron chi connectivity index (χ3n) is 2.93. The molecule has 3 heteroatoms. The van der Waals surface area contributed by atoms with Gasteiger partial charge in [-0.2, -0.15) is 11.8 Å². The molecule has 1 aromatic heterocycles. The van der Waals surface area contributed by atoms with E-state index in [-0.39, 0.29) is 0 Å². The number of thioether (sulfide) groups is 1. The molecule has 1 aromatic rings. The molecule has 1 nitrogen and oxygen atoms in total. The molecule has 14 heavy (non-hydrogen) atoms. The zero-order valence-corrected chi connectivity index (χ0v) is 9.81. The van der Waals surface area contributed by atoms with E-state index in [1.807, 2.05) is 24.0 Å². The van der Waals surface area contributed by atoms with Gasteiger partial charge in [0.15, 0.2) is 0 Å². The molecular formula is C11H14ClNS. The predicted octanol–water partition coefficient (Wildman–Crippen LogP) is 3.73. The van der Waals surface area contributed by atoms with Gasteiger partial charge in [-0.15, -0.1) is 0 Å². The summed E-state index contributed by atoms with van der Waals surface area (Å²) in [4.78, 5) is 4.15. The summed E-state index contributed by atoms with van der Waals surface area (Å²) >= 11 is 7.75. The number of hydrogen-bond donors (Lipinski definition) is 0. The first-order valence-corrected chi connectivity index (χ1v) is 6.62. The highest BCUT2D eigenvalue weighted by Crippen LogP contribution is 2.40. The fourth-order valence-corrected chi connectivity index (χ4v) is 3.33. The summed E-state index contributed by atoms with van der Waals surface area (Å²) in [5, 5.41) is 1.37. The summed E-state index contributed by atoms with van der Waals surface area (Å²) in [7, 11) is 0. The van der Waals surface area contributed by atoms with Gasteiger partial charge in [-0.25, -0.2) is 4.98 Å². The lowest BCUT2D eigenvalue weighted by molar-refractivity contribution is 0.733. The van der Waals surface area contributed by atoms with Crippen molar-refractivity contribution in [2.45, 2.75) is 30.4 Å². The highest BCUT2D eigenvalue weighted by molar-refractivity contribution is 7.99. The zero-order chi connectivity index (χ0) is 9.97. The third-order valence-corrected chi connectivity index (χ3v) is 4.33. The lowest BCUT2D eigenvalue weighted by atomic mass is 9.99. The van der Waals surface area contributed by atoms with Crippen LogP contribution in [-0.2, 0) is 0 Å². The maximum atomic E-state index is 5.77. The van der Waals surface area contributed by atoms with Crippen LogP contribution in [0.4, 0.5) is 0 Å². The maximum Gasteiger partial charge on any atom is 0.129 e. The van der Waals surface area contributed by atoms with Crippen LogP contribution in [0.5, 0.6) is 0 Å². The molecular weight excluding hydrogens is 214 g/mol. The Balaban J connectivity index is 2.17. The van der Waals surface area contributed by atoms with E-state index in [4.69, 9.17) is 11.6 Å². The fraction of sp³-hybridized carbons (Fsp3) is 0.545. The van der Waals surface area contributed by atoms with Crippen molar-refractivity contribution in [3.63, 3.8) is 0 Å². The van der Waals surface area contributed by atoms with E-state index in [0.29, 0.717) is 11.1 Å². The van der Waals surface area contributed by atoms with Gasteiger partial charge in [0.25, 0.3) is 0 Å². The van der Waals surface area contributed by atoms with E-state index in [0.717, 1.165) is 5.25 Å². The normalized spacial score (nSPS) is 26.7. The van der Waals surface area contributed by atoms with E-state index in [2.05, 4.69) is 17.3 Å². The van der Waals surface area contributed by atoms with Crippen molar-refractivity contribution in [3.05, 3.63) is 29.0 Å². The van der Waals surface area contributed by atoms with E-state index >= 15 is 0 Å². The summed E-state index contributed by atoms with van der Waals surface area (Å²) in [6.07, 6.45) is 8.12. The van der Waals surface area contributed by atoms with Crippen LogP contribution in [0, 0.1) is 0 Å². The van der Waals surface area contributed by atoms with Crippen LogP contribution in [0.15, 0.2) is 18.3 Å². The van der Waals surface area contributed by atoms with Gasteiger partial charge in [-0.3, -0.25) is 0 Å². The molecule has 0 amide bonds. The van der Waals surface area contributed by atoms with Crippen LogP contribution in [0.25, 0.3) is 0 Å². The molecule has 1 fully saturated rings. The first-order chi connectivity index (χ1) is 6.81. The van der Waals surface area contributed by atoms with Crippen LogP contribution in [0.1, 0.15) is 30.7 Å². The fourth-order valence-electron chi connectivity index (χ4n) is 2.20. The average Bonchev–Trinajstić information content (AvgIpc) is 2.67. The topological polar surface area (TPSA) is 12.9 Å². The molecule has 0 saturated heterocycles. The van der Waals surface area contributed by atoms with Gasteiger partial charge in [0.1, 0.15) is 5.15 Å². The minimum atomic E-state index is 0.590. The third kappa shape index (κ3) is 2.06. The summed E-state index contributed by atoms with van der Waals surface area (Å²) < 4.78 is 0. The quantitative estimate of drug-likeness (QED) is 0.714. The van der Waals surface area contributed by atoms with Crippen molar-refractivity contribution in [3.8, 4) is 0 Å². The molecule has 0 aliphatic heterocycles. The summed E-state index contributed by atoms with van der Waals surface area (Å²) in [5.74, 6) is 0.690. The summed E-state index contributed by atoms with van der Waals surface area (Å²) in [6.45, 7) is 0. The minimum Gasteiger partial charge on any atom is -0.244 e. The van der Waals surface area contributed by atoms with Gasteiger partial charge in [-0.05, 0) is 36.6 Å². The van der Waals surface area contributed by atoms with Crippen molar-refractivity contribution in [1.82, 2.24) is 4.98 Å². The van der Waals surface area contributed by atoms with Gasteiger partial charge in [0.05, 0.1) is 0 Å². The standard InChI is InChI=1S/C11H14ClNS/c1-14-10-4-2-3-9(10)8-5-6-11(12)13-7-8/h5-7,9-10H,2-4H2,1H3. The summed E-state index contributed by atoms with van der Waals surface area (Å²) in [5.41, 5.74) is 1.35. The predicted molar refractivity (Wildman–Crippen MR) is 63.1 cm³/mol. The molecule has 0 N–H and O–H groups in total. The van der Waals surface area contributed by atoms with Crippen molar-refractivity contribution in [2.24, 2.45) is 0 Å². The van der Waals surface area contributed by atoms with Crippen LogP contribution >= 0.6 is 23.4 Å². The number of hydrogen-bond acceptors (Lipinski definition) is 2. The number of halogens is 1. The first kappa shape index (κ1) is 10.3. The number of rotatable bonds is 2. The van der Waals surface area contributed by atoms with Crippen LogP contribution in [-0.4, -0.2) is 16.5 Å². The smallest absolute Gasteiger partial charge is 0.129 e. The van der Waals surface area contributed by atoms with Gasteiger partial charge >= 0.3 is 0 Å². The molecule has 0 bridgehead atoms. The van der Waals surface area contributed by atoms with Gasteiger partial charge < -0.3 is 0 Å². The minimum absolute atomic E-state index is 0.590. The SMILES string of the molecule is CSC1CCCC1c1ccc(Cl)nc1. The molecule has 1 aliphatic carbocycles. The lowest BCUT2D eigenvalue weighted by Crippen LogP contribution is -2.07. The van der Waals surface area contributed by atoms with Crippen molar-refractivity contribution < 1.29 is 0 Å². The molecule has 0 radical (unpaired) electrons. The molecule has 1 aliphatic rings. The number of nitrogens with zero attached hydrogens (tertiary/aromatic N) is 1. The Morgan fingerprint density at radius 2 is 2.29 bits per heavy atom. The molecule has 2 rings (SSSR count). The van der Waals surface area contributed by atoms with E-state index < -0.39 is 0 Å². The van der Waals surface area contributed by atoms with Crippen molar-refractivity contribution in [2.75, 3.05) is 6.26 Å². The largest absolute Gasteiger partial charge is 0.244 e. The molecule has 0 aromatic carbocycles. The second-order valence-electron chi connectivity index (χ2n) is 3.73. The van der Waals surface area contributed by atoms with Gasteiger partial charge in [0, 0.05) is 11.4 Å². The Morgan fingerprint density at radius 1 is 1.43 bits per heavy atom. The highest BCUT2D eigenvalue weighted by atomic mass is 35.5. The van der Waals surface area contributed by atoms with E-state index in [1.54, 1.807) is 0 Å². The lowest BCUT2D eigenvalue weighted by Gasteiger charge is -2.17. The Labute approximate surface area is 94.3 Å². The molecule has 1 heterocycles. The molecule has 2 unspecified atom stereocenters. The monoisotopic (exact) mass is 227 g/mol. The van der Waals surface area contributed by atoms with Crippen molar-refractivity contribution in [1.29, 1.82) is 0 Å². The highest BCUT2D eigenvalue weighted by Gasteiger charge is 2.27. The van der Waals surface area contributed by atoms with Crippen LogP contribution in [0.3, 0.4) is 0 Å². The molecule has 1 saturated carbocycles. The average molecular weight is 228 g/mol. The zero-order valence-electron chi connectivity index (χ0n) is 8.24. The number of aromatic nitrogens is 1. The molecule has 76 valence electrons. The second kappa shape index (κ2) is 4.54. The van der Waals surface area contributed by atoms with Gasteiger partial charge in [-0.1, -0.05) is 24.1 Å². The van der Waals surface area contributed by atoms with Crippen LogP contribution < -0.4 is 0 Å². The summed E-state index contributed by atoms with van der Waals surface area (Å²) in [6, 6.07) is 4.02. The number of pyridine rings is 1. The maximum absolute atomic E-state index is 5.77. The van der Waals surface area contributed by atoms with E-state index in [1.165, 1.54) is 24.8 Å². The second-order valence-corrected chi connectivity index (χ2v) is 5.19. The van der Waals surface area contributed by atoms with Crippen LogP contribution in [0.2, 0.25) is 5.15 Å². The Kier molecular flexibility index (Phi) is 3.34. The Morgan fingerprint density at radius 3 is 2.93 bits per heavy atom. The van der Waals surface area contributed by atoms with E-state index in [9.17, 15) is 0 Å². The van der Waals surface area contributed by atoms with Gasteiger partial charge in [0.2, 0.25) is 0 Å². The molecule has 2 atom stereocenters. The molecule has 0 spiro atoms. The Bertz CT molecular complexity index is 299.